The van der Waals surface area contributed by atoms with Crippen molar-refractivity contribution in [2.45, 2.75) is 144 Å². The molecule has 3 amide bonds. The number of anilines is 1. The molecule has 18 nitrogen and oxygen atoms in total. The van der Waals surface area contributed by atoms with E-state index in [2.05, 4.69) is 36.1 Å². The van der Waals surface area contributed by atoms with E-state index in [0.717, 1.165) is 53.5 Å². The summed E-state index contributed by atoms with van der Waals surface area (Å²) in [5, 5.41) is 14.0. The Kier molecular flexibility index (Phi) is 41.9. The van der Waals surface area contributed by atoms with Gasteiger partial charge in [0.1, 0.15) is 24.7 Å². The van der Waals surface area contributed by atoms with Crippen molar-refractivity contribution in [3.8, 4) is 0 Å². The molecule has 70 heavy (non-hydrogen) atoms. The molecule has 0 radical (unpaired) electrons. The molecule has 18 heteroatoms. The van der Waals surface area contributed by atoms with Gasteiger partial charge in [-0.15, -0.1) is 0 Å². The molecule has 0 fully saturated rings. The van der Waals surface area contributed by atoms with Crippen molar-refractivity contribution in [3.63, 3.8) is 0 Å². The van der Waals surface area contributed by atoms with Gasteiger partial charge in [0.2, 0.25) is 18.2 Å². The van der Waals surface area contributed by atoms with Crippen LogP contribution in [0.25, 0.3) is 0 Å². The summed E-state index contributed by atoms with van der Waals surface area (Å²) in [6.45, 7) is 18.6. The Morgan fingerprint density at radius 1 is 0.814 bits per heavy atom. The van der Waals surface area contributed by atoms with Crippen LogP contribution in [0.15, 0.2) is 77.4 Å². The van der Waals surface area contributed by atoms with E-state index in [1.165, 1.54) is 14.0 Å². The molecule has 6 atom stereocenters. The number of benzene rings is 2. The summed E-state index contributed by atoms with van der Waals surface area (Å²) in [7, 11) is 6.29. The van der Waals surface area contributed by atoms with Gasteiger partial charge in [-0.2, -0.15) is 0 Å². The third kappa shape index (κ3) is 32.6. The normalized spacial score (nSPS) is 13.3. The Bertz CT molecular complexity index is 1870. The molecule has 0 spiro atoms. The van der Waals surface area contributed by atoms with Crippen molar-refractivity contribution in [1.82, 2.24) is 21.3 Å². The van der Waals surface area contributed by atoms with E-state index < -0.39 is 30.1 Å². The van der Waals surface area contributed by atoms with Crippen LogP contribution >= 0.6 is 0 Å². The number of Topliss-reactive ketones (excluding diaryl/α,β-unsaturated/α-hetero) is 1. The number of esters is 2. The van der Waals surface area contributed by atoms with Crippen LogP contribution in [0.5, 0.6) is 0 Å². The van der Waals surface area contributed by atoms with E-state index in [-0.39, 0.29) is 48.9 Å². The molecule has 2 aromatic rings. The SMILES string of the molecule is C/C=C(C)\C(C(=O)OCC(=O)[C@H](C)NC)=C(\C)CC.CC(OCc1ccccc1)[C@H](NC=O)C(=O)NC(C=O)CCN.COC.COC(C)=O.Cc1ccccc1N[C@@H](C)C(=O)NC(C)CCCC=O. The number of ketones is 1. The lowest BCUT2D eigenvalue weighted by Gasteiger charge is -2.24. The number of hydrogen-bond donors (Lipinski definition) is 6. The van der Waals surface area contributed by atoms with Crippen molar-refractivity contribution in [3.05, 3.63) is 88.5 Å². The highest BCUT2D eigenvalue weighted by molar-refractivity contribution is 5.96. The average Bonchev–Trinajstić information content (AvgIpc) is 3.35. The first-order chi connectivity index (χ1) is 33.2. The Balaban J connectivity index is -0.000000894. The van der Waals surface area contributed by atoms with Crippen LogP contribution in [-0.4, -0.2) is 126 Å². The average molecular weight is 985 g/mol. The quantitative estimate of drug-likeness (QED) is 0.0231. The molecule has 2 aromatic carbocycles. The lowest BCUT2D eigenvalue weighted by molar-refractivity contribution is -0.144. The second kappa shape index (κ2) is 43.0. The second-order valence-electron chi connectivity index (χ2n) is 15.9. The van der Waals surface area contributed by atoms with E-state index in [4.69, 9.17) is 15.2 Å². The highest BCUT2D eigenvalue weighted by Crippen LogP contribution is 2.19. The van der Waals surface area contributed by atoms with Gasteiger partial charge in [-0.3, -0.25) is 24.0 Å². The first-order valence-electron chi connectivity index (χ1n) is 23.3. The van der Waals surface area contributed by atoms with Crippen LogP contribution in [0.2, 0.25) is 0 Å². The monoisotopic (exact) mass is 985 g/mol. The van der Waals surface area contributed by atoms with E-state index in [0.29, 0.717) is 37.7 Å². The maximum Gasteiger partial charge on any atom is 0.338 e. The minimum Gasteiger partial charge on any atom is -0.469 e. The number of allylic oxidation sites excluding steroid dienone is 2. The fraction of sp³-hybridized carbons (Fsp3) is 0.538. The zero-order valence-electron chi connectivity index (χ0n) is 44.1. The number of carbonyl (C=O) groups excluding carboxylic acids is 8. The van der Waals surface area contributed by atoms with Crippen molar-refractivity contribution >= 4 is 54.2 Å². The summed E-state index contributed by atoms with van der Waals surface area (Å²) in [6, 6.07) is 15.3. The van der Waals surface area contributed by atoms with E-state index in [1.807, 2.05) is 109 Å². The third-order valence-corrected chi connectivity index (χ3v) is 10.1. The number of nitrogens with two attached hydrogens (primary N) is 1. The minimum absolute atomic E-state index is 0.0214. The van der Waals surface area contributed by atoms with Crippen LogP contribution in [-0.2, 0) is 63.9 Å². The number of aldehydes is 2. The van der Waals surface area contributed by atoms with Gasteiger partial charge in [0.15, 0.2) is 12.4 Å². The molecule has 3 unspecified atom stereocenters. The summed E-state index contributed by atoms with van der Waals surface area (Å²) in [4.78, 5) is 89.4. The number of unbranched alkanes of at least 4 members (excludes halogenated alkanes) is 1. The van der Waals surface area contributed by atoms with E-state index in [1.54, 1.807) is 35.1 Å². The number of hydrogen-bond acceptors (Lipinski definition) is 15. The van der Waals surface area contributed by atoms with Crippen molar-refractivity contribution in [2.24, 2.45) is 5.73 Å². The Hall–Kier alpha value is -6.08. The van der Waals surface area contributed by atoms with Gasteiger partial charge in [-0.05, 0) is 117 Å². The molecule has 0 saturated carbocycles. The van der Waals surface area contributed by atoms with Gasteiger partial charge in [-0.1, -0.05) is 67.1 Å². The maximum atomic E-state index is 12.2. The minimum atomic E-state index is -0.892. The van der Waals surface area contributed by atoms with Crippen molar-refractivity contribution < 1.29 is 57.3 Å². The molecule has 0 bridgehead atoms. The molecular weight excluding hydrogens is 901 g/mol. The van der Waals surface area contributed by atoms with Crippen LogP contribution in [0.4, 0.5) is 5.69 Å². The second-order valence-corrected chi connectivity index (χ2v) is 15.9. The third-order valence-electron chi connectivity index (χ3n) is 10.1. The fourth-order valence-corrected chi connectivity index (χ4v) is 5.49. The topological polar surface area (TPSA) is 260 Å². The molecule has 7 N–H and O–H groups in total. The van der Waals surface area contributed by atoms with Gasteiger partial charge in [0, 0.05) is 39.3 Å². The number of aryl methyl sites for hydroxylation is 1. The van der Waals surface area contributed by atoms with Gasteiger partial charge in [-0.25, -0.2) is 4.79 Å². The maximum absolute atomic E-state index is 12.2. The van der Waals surface area contributed by atoms with Gasteiger partial charge in [0.25, 0.3) is 0 Å². The first-order valence-corrected chi connectivity index (χ1v) is 23.3. The molecule has 0 aromatic heterocycles. The van der Waals surface area contributed by atoms with Crippen molar-refractivity contribution in [2.75, 3.05) is 46.8 Å². The number of para-hydroxylation sites is 1. The van der Waals surface area contributed by atoms with Crippen molar-refractivity contribution in [1.29, 1.82) is 0 Å². The number of likely N-dealkylation sites (N-methyl/N-ethyl adjacent to an activating group) is 1. The Morgan fingerprint density at radius 2 is 1.40 bits per heavy atom. The number of rotatable bonds is 26. The largest absolute Gasteiger partial charge is 0.469 e. The molecule has 0 aliphatic rings. The standard InChI is InChI=1S/C16H23N3O4.C16H24N2O2.C15H25NO3.C3H6O2.C2H6O/c1-12(23-10-13-5-3-2-4-6-13)15(18-11-21)16(22)19-14(9-20)7-8-17;1-12-8-4-5-10-15(12)18-14(3)16(20)17-13(2)9-6-7-11-19;1-7-10(3)14(11(4)8-2)15(18)19-9-13(17)12(5)16-6;1-3(4)5-2;1-3-2/h2-6,9,11-12,14-15H,7-8,10,17H2,1H3,(H,18,21)(H,19,22);4-5,8,10-11,13-14,18H,6-7,9H2,1-3H3,(H,17,20);7,12,16H,8-9H2,1-6H3;1-2H3;1-2H3/b;;10-7-,14-11+;;/t12?,14?,15-;13?,14-;12-;;/m000../s1. The summed E-state index contributed by atoms with van der Waals surface area (Å²) >= 11 is 0. The zero-order valence-corrected chi connectivity index (χ0v) is 44.1. The molecular formula is C52H84N6O12. The van der Waals surface area contributed by atoms with Crippen LogP contribution in [0.3, 0.4) is 0 Å². The lowest BCUT2D eigenvalue weighted by atomic mass is 10.0. The number of methoxy groups -OCH3 is 2. The number of carbonyl (C=O) groups is 8. The first kappa shape index (κ1) is 68.2. The van der Waals surface area contributed by atoms with Crippen LogP contribution < -0.4 is 32.3 Å². The fourth-order valence-electron chi connectivity index (χ4n) is 5.49. The predicted molar refractivity (Wildman–Crippen MR) is 275 cm³/mol. The van der Waals surface area contributed by atoms with Gasteiger partial charge in [0.05, 0.1) is 37.5 Å². The summed E-state index contributed by atoms with van der Waals surface area (Å²) in [6.07, 6.45) is 6.57. The van der Waals surface area contributed by atoms with Gasteiger partial charge >= 0.3 is 11.9 Å². The summed E-state index contributed by atoms with van der Waals surface area (Å²) in [5.41, 5.74) is 10.8. The molecule has 0 aliphatic carbocycles. The molecule has 2 rings (SSSR count). The van der Waals surface area contributed by atoms with Gasteiger partial charge < -0.3 is 60.9 Å². The van der Waals surface area contributed by atoms with E-state index >= 15 is 0 Å². The predicted octanol–water partition coefficient (Wildman–Crippen LogP) is 5.25. The Morgan fingerprint density at radius 3 is 1.89 bits per heavy atom. The zero-order chi connectivity index (χ0) is 54.0. The Labute approximate surface area is 417 Å². The molecule has 394 valence electrons. The molecule has 0 heterocycles. The van der Waals surface area contributed by atoms with E-state index in [9.17, 15) is 38.4 Å². The number of amides is 3. The highest BCUT2D eigenvalue weighted by atomic mass is 16.5. The molecule has 0 aliphatic heterocycles. The molecule has 0 saturated heterocycles. The summed E-state index contributed by atoms with van der Waals surface area (Å²) in [5.74, 6) is -1.31. The van der Waals surface area contributed by atoms with Crippen LogP contribution in [0, 0.1) is 6.92 Å². The van der Waals surface area contributed by atoms with Crippen LogP contribution in [0.1, 0.15) is 106 Å². The lowest BCUT2D eigenvalue weighted by Crippen LogP contribution is -2.53. The number of nitrogens with one attached hydrogen (secondary N) is 5. The number of ether oxygens (including phenoxy) is 4. The smallest absolute Gasteiger partial charge is 0.338 e. The highest BCUT2D eigenvalue weighted by Gasteiger charge is 2.27. The summed E-state index contributed by atoms with van der Waals surface area (Å²) < 4.78 is 19.1.